The Morgan fingerprint density at radius 1 is 1.16 bits per heavy atom. The molecule has 1 atom stereocenters. The monoisotopic (exact) mass is 261 g/mol. The summed E-state index contributed by atoms with van der Waals surface area (Å²) in [4.78, 5) is 0. The van der Waals surface area contributed by atoms with E-state index in [4.69, 9.17) is 10.5 Å². The highest BCUT2D eigenvalue weighted by molar-refractivity contribution is 5.27. The number of nitrogens with two attached hydrogens (primary N) is 1. The van der Waals surface area contributed by atoms with Gasteiger partial charge < -0.3 is 10.5 Å². The summed E-state index contributed by atoms with van der Waals surface area (Å²) in [7, 11) is 1.70. The fourth-order valence-electron chi connectivity index (χ4n) is 3.08. The lowest BCUT2D eigenvalue weighted by molar-refractivity contribution is 0.248. The van der Waals surface area contributed by atoms with Gasteiger partial charge in [0.2, 0.25) is 0 Å². The maximum atomic E-state index is 6.37. The largest absolute Gasteiger partial charge is 0.497 e. The predicted octanol–water partition coefficient (Wildman–Crippen LogP) is 3.78. The number of rotatable bonds is 5. The molecule has 0 aliphatic heterocycles. The minimum Gasteiger partial charge on any atom is -0.497 e. The highest BCUT2D eigenvalue weighted by Gasteiger charge is 2.23. The molecule has 19 heavy (non-hydrogen) atoms. The highest BCUT2D eigenvalue weighted by Crippen LogP contribution is 2.31. The van der Waals surface area contributed by atoms with E-state index >= 15 is 0 Å². The fraction of sp³-hybridized carbons (Fsp3) is 0.647. The fourth-order valence-corrected chi connectivity index (χ4v) is 3.08. The van der Waals surface area contributed by atoms with Gasteiger partial charge in [0, 0.05) is 6.04 Å². The summed E-state index contributed by atoms with van der Waals surface area (Å²) in [6.45, 7) is 2.36. The third-order valence-corrected chi connectivity index (χ3v) is 4.59. The van der Waals surface area contributed by atoms with Gasteiger partial charge in [-0.2, -0.15) is 0 Å². The van der Waals surface area contributed by atoms with Gasteiger partial charge in [-0.25, -0.2) is 0 Å². The Balaban J connectivity index is 1.77. The van der Waals surface area contributed by atoms with Gasteiger partial charge in [-0.1, -0.05) is 31.9 Å². The SMILES string of the molecule is COc1ccc(CCC(N)C2CCC(C)CC2)cc1. The standard InChI is InChI=1S/C17H27NO/c1-13-3-8-15(9-4-13)17(18)12-7-14-5-10-16(19-2)11-6-14/h5-6,10-11,13,15,17H,3-4,7-9,12,18H2,1-2H3. The average molecular weight is 261 g/mol. The topological polar surface area (TPSA) is 35.2 Å². The van der Waals surface area contributed by atoms with Crippen molar-refractivity contribution >= 4 is 0 Å². The summed E-state index contributed by atoms with van der Waals surface area (Å²) in [5.74, 6) is 2.58. The third kappa shape index (κ3) is 4.24. The van der Waals surface area contributed by atoms with Gasteiger partial charge >= 0.3 is 0 Å². The first-order valence-corrected chi connectivity index (χ1v) is 7.57. The Hall–Kier alpha value is -1.02. The van der Waals surface area contributed by atoms with E-state index in [1.54, 1.807) is 7.11 Å². The Morgan fingerprint density at radius 3 is 2.37 bits per heavy atom. The van der Waals surface area contributed by atoms with E-state index < -0.39 is 0 Å². The zero-order valence-electron chi connectivity index (χ0n) is 12.3. The molecule has 1 saturated carbocycles. The number of ether oxygens (including phenoxy) is 1. The first kappa shape index (κ1) is 14.4. The van der Waals surface area contributed by atoms with Crippen LogP contribution in [-0.2, 0) is 6.42 Å². The quantitative estimate of drug-likeness (QED) is 0.875. The molecule has 2 nitrogen and oxygen atoms in total. The molecule has 0 radical (unpaired) electrons. The van der Waals surface area contributed by atoms with Crippen LogP contribution in [0.4, 0.5) is 0 Å². The molecule has 106 valence electrons. The maximum Gasteiger partial charge on any atom is 0.118 e. The van der Waals surface area contributed by atoms with Gasteiger partial charge in [-0.15, -0.1) is 0 Å². The summed E-state index contributed by atoms with van der Waals surface area (Å²) < 4.78 is 5.18. The second-order valence-corrected chi connectivity index (χ2v) is 6.07. The van der Waals surface area contributed by atoms with Crippen LogP contribution in [0.5, 0.6) is 5.75 Å². The van der Waals surface area contributed by atoms with Crippen LogP contribution in [0.15, 0.2) is 24.3 Å². The molecule has 0 bridgehead atoms. The molecule has 1 aliphatic carbocycles. The number of aryl methyl sites for hydroxylation is 1. The third-order valence-electron chi connectivity index (χ3n) is 4.59. The molecule has 0 amide bonds. The van der Waals surface area contributed by atoms with E-state index in [1.807, 2.05) is 12.1 Å². The summed E-state index contributed by atoms with van der Waals surface area (Å²) in [5.41, 5.74) is 7.73. The number of benzene rings is 1. The van der Waals surface area contributed by atoms with Crippen LogP contribution in [0.25, 0.3) is 0 Å². The number of hydrogen-bond donors (Lipinski definition) is 1. The smallest absolute Gasteiger partial charge is 0.118 e. The predicted molar refractivity (Wildman–Crippen MR) is 80.4 cm³/mol. The number of methoxy groups -OCH3 is 1. The molecule has 0 aromatic heterocycles. The minimum atomic E-state index is 0.370. The van der Waals surface area contributed by atoms with Crippen LogP contribution >= 0.6 is 0 Å². The zero-order chi connectivity index (χ0) is 13.7. The molecular formula is C17H27NO. The van der Waals surface area contributed by atoms with Gasteiger partial charge in [0.15, 0.2) is 0 Å². The van der Waals surface area contributed by atoms with Crippen LogP contribution in [-0.4, -0.2) is 13.2 Å². The summed E-state index contributed by atoms with van der Waals surface area (Å²) in [6.07, 6.45) is 7.56. The van der Waals surface area contributed by atoms with Crippen LogP contribution in [0.3, 0.4) is 0 Å². The Kier molecular flexibility index (Phi) is 5.26. The Morgan fingerprint density at radius 2 is 1.79 bits per heavy atom. The van der Waals surface area contributed by atoms with Crippen molar-refractivity contribution in [3.8, 4) is 5.75 Å². The molecular weight excluding hydrogens is 234 g/mol. The van der Waals surface area contributed by atoms with Crippen molar-refractivity contribution in [3.05, 3.63) is 29.8 Å². The van der Waals surface area contributed by atoms with Crippen molar-refractivity contribution in [2.24, 2.45) is 17.6 Å². The Bertz CT molecular complexity index is 365. The molecule has 1 fully saturated rings. The highest BCUT2D eigenvalue weighted by atomic mass is 16.5. The minimum absolute atomic E-state index is 0.370. The first-order valence-electron chi connectivity index (χ1n) is 7.57. The van der Waals surface area contributed by atoms with Gasteiger partial charge in [-0.05, 0) is 55.2 Å². The number of hydrogen-bond acceptors (Lipinski definition) is 2. The molecule has 1 aromatic carbocycles. The second kappa shape index (κ2) is 6.95. The van der Waals surface area contributed by atoms with Crippen LogP contribution < -0.4 is 10.5 Å². The van der Waals surface area contributed by atoms with Crippen LogP contribution in [0, 0.1) is 11.8 Å². The first-order chi connectivity index (χ1) is 9.19. The molecule has 2 N–H and O–H groups in total. The normalized spacial score (nSPS) is 25.0. The average Bonchev–Trinajstić information content (AvgIpc) is 2.46. The maximum absolute atomic E-state index is 6.37. The molecule has 0 heterocycles. The molecule has 2 rings (SSSR count). The van der Waals surface area contributed by atoms with Crippen LogP contribution in [0.1, 0.15) is 44.6 Å². The van der Waals surface area contributed by atoms with Gasteiger partial charge in [0.25, 0.3) is 0 Å². The second-order valence-electron chi connectivity index (χ2n) is 6.07. The zero-order valence-corrected chi connectivity index (χ0v) is 12.3. The van der Waals surface area contributed by atoms with Gasteiger partial charge in [-0.3, -0.25) is 0 Å². The molecule has 0 spiro atoms. The van der Waals surface area contributed by atoms with E-state index in [2.05, 4.69) is 19.1 Å². The van der Waals surface area contributed by atoms with Crippen molar-refractivity contribution in [1.82, 2.24) is 0 Å². The molecule has 1 aromatic rings. The molecule has 0 saturated heterocycles. The van der Waals surface area contributed by atoms with Crippen molar-refractivity contribution in [2.45, 2.75) is 51.5 Å². The van der Waals surface area contributed by atoms with E-state index in [0.717, 1.165) is 30.4 Å². The van der Waals surface area contributed by atoms with Crippen molar-refractivity contribution in [3.63, 3.8) is 0 Å². The summed E-state index contributed by atoms with van der Waals surface area (Å²) in [5, 5.41) is 0. The van der Waals surface area contributed by atoms with E-state index in [0.29, 0.717) is 6.04 Å². The lowest BCUT2D eigenvalue weighted by Gasteiger charge is -2.30. The molecule has 1 unspecified atom stereocenters. The van der Waals surface area contributed by atoms with E-state index in [-0.39, 0.29) is 0 Å². The van der Waals surface area contributed by atoms with Gasteiger partial charge in [0.1, 0.15) is 5.75 Å². The molecule has 2 heteroatoms. The van der Waals surface area contributed by atoms with Crippen molar-refractivity contribution < 1.29 is 4.74 Å². The van der Waals surface area contributed by atoms with Crippen molar-refractivity contribution in [1.29, 1.82) is 0 Å². The Labute approximate surface area is 117 Å². The lowest BCUT2D eigenvalue weighted by atomic mass is 9.78. The lowest BCUT2D eigenvalue weighted by Crippen LogP contribution is -2.33. The van der Waals surface area contributed by atoms with E-state index in [1.165, 1.54) is 31.2 Å². The van der Waals surface area contributed by atoms with Crippen LogP contribution in [0.2, 0.25) is 0 Å². The van der Waals surface area contributed by atoms with Crippen molar-refractivity contribution in [2.75, 3.05) is 7.11 Å². The summed E-state index contributed by atoms with van der Waals surface area (Å²) in [6, 6.07) is 8.73. The molecule has 1 aliphatic rings. The van der Waals surface area contributed by atoms with Gasteiger partial charge in [0.05, 0.1) is 7.11 Å². The van der Waals surface area contributed by atoms with E-state index in [9.17, 15) is 0 Å². The summed E-state index contributed by atoms with van der Waals surface area (Å²) >= 11 is 0.